The van der Waals surface area contributed by atoms with Crippen molar-refractivity contribution in [2.45, 2.75) is 12.8 Å². The van der Waals surface area contributed by atoms with Gasteiger partial charge in [0.15, 0.2) is 17.3 Å². The van der Waals surface area contributed by atoms with E-state index in [0.717, 1.165) is 12.0 Å². The van der Waals surface area contributed by atoms with Crippen LogP contribution in [0.3, 0.4) is 0 Å². The van der Waals surface area contributed by atoms with Gasteiger partial charge in [-0.15, -0.1) is 0 Å². The molecule has 16 heavy (non-hydrogen) atoms. The third-order valence-corrected chi connectivity index (χ3v) is 2.37. The molecule has 2 N–H and O–H groups in total. The van der Waals surface area contributed by atoms with E-state index in [1.807, 2.05) is 0 Å². The van der Waals surface area contributed by atoms with Crippen LogP contribution in [0.4, 0.5) is 4.39 Å². The van der Waals surface area contributed by atoms with E-state index in [9.17, 15) is 4.39 Å². The summed E-state index contributed by atoms with van der Waals surface area (Å²) in [5.41, 5.74) is 0.784. The van der Waals surface area contributed by atoms with E-state index in [1.165, 1.54) is 6.07 Å². The van der Waals surface area contributed by atoms with Gasteiger partial charge in [0.1, 0.15) is 0 Å². The first kappa shape index (κ1) is 11.2. The molecular formula is C11H14FNO3. The Kier molecular flexibility index (Phi) is 3.58. The van der Waals surface area contributed by atoms with Crippen LogP contribution in [0.15, 0.2) is 12.1 Å². The zero-order valence-electron chi connectivity index (χ0n) is 8.87. The molecular weight excluding hydrogens is 213 g/mol. The fourth-order valence-electron chi connectivity index (χ4n) is 1.61. The van der Waals surface area contributed by atoms with Crippen LogP contribution in [-0.2, 0) is 11.3 Å². The number of ether oxygens (including phenoxy) is 2. The molecule has 1 aliphatic heterocycles. The summed E-state index contributed by atoms with van der Waals surface area (Å²) < 4.78 is 24.4. The molecule has 88 valence electrons. The van der Waals surface area contributed by atoms with E-state index in [4.69, 9.17) is 15.4 Å². The van der Waals surface area contributed by atoms with Crippen LogP contribution in [0.1, 0.15) is 12.0 Å². The molecule has 1 aliphatic rings. The molecule has 0 bridgehead atoms. The number of hydrogen-bond acceptors (Lipinski definition) is 4. The maximum Gasteiger partial charge on any atom is 0.197 e. The topological polar surface area (TPSA) is 53.7 Å². The van der Waals surface area contributed by atoms with Crippen LogP contribution < -0.4 is 15.4 Å². The van der Waals surface area contributed by atoms with E-state index < -0.39 is 5.82 Å². The molecule has 0 aromatic heterocycles. The second-order valence-electron chi connectivity index (χ2n) is 3.58. The first-order valence-corrected chi connectivity index (χ1v) is 5.21. The van der Waals surface area contributed by atoms with Crippen LogP contribution >= 0.6 is 0 Å². The highest BCUT2D eigenvalue weighted by Crippen LogP contribution is 2.33. The summed E-state index contributed by atoms with van der Waals surface area (Å²) in [6, 6.07) is 3.19. The Morgan fingerprint density at radius 3 is 2.94 bits per heavy atom. The highest BCUT2D eigenvalue weighted by molar-refractivity contribution is 5.44. The van der Waals surface area contributed by atoms with Gasteiger partial charge in [0.2, 0.25) is 0 Å². The molecule has 1 heterocycles. The Morgan fingerprint density at radius 2 is 2.12 bits per heavy atom. The molecule has 0 amide bonds. The van der Waals surface area contributed by atoms with Gasteiger partial charge < -0.3 is 14.3 Å². The molecule has 0 radical (unpaired) electrons. The van der Waals surface area contributed by atoms with Crippen molar-refractivity contribution in [2.24, 2.45) is 5.90 Å². The lowest BCUT2D eigenvalue weighted by molar-refractivity contribution is 0.141. The van der Waals surface area contributed by atoms with Crippen LogP contribution in [0, 0.1) is 5.82 Å². The van der Waals surface area contributed by atoms with Gasteiger partial charge >= 0.3 is 0 Å². The molecule has 5 heteroatoms. The Morgan fingerprint density at radius 1 is 1.31 bits per heavy atom. The molecule has 1 aromatic rings. The van der Waals surface area contributed by atoms with Crippen molar-refractivity contribution in [3.8, 4) is 11.5 Å². The molecule has 0 spiro atoms. The van der Waals surface area contributed by atoms with E-state index >= 15 is 0 Å². The first-order valence-electron chi connectivity index (χ1n) is 5.21. The lowest BCUT2D eigenvalue weighted by Crippen LogP contribution is -2.04. The van der Waals surface area contributed by atoms with Crippen molar-refractivity contribution in [3.63, 3.8) is 0 Å². The van der Waals surface area contributed by atoms with Crippen LogP contribution in [0.5, 0.6) is 11.5 Å². The van der Waals surface area contributed by atoms with E-state index in [0.29, 0.717) is 32.0 Å². The summed E-state index contributed by atoms with van der Waals surface area (Å²) in [5, 5.41) is 0. The molecule has 0 unspecified atom stereocenters. The van der Waals surface area contributed by atoms with Gasteiger partial charge in [-0.3, -0.25) is 0 Å². The summed E-state index contributed by atoms with van der Waals surface area (Å²) >= 11 is 0. The SMILES string of the molecule is NOCCc1cc(F)c2c(c1)OCCCO2. The molecule has 1 aromatic carbocycles. The smallest absolute Gasteiger partial charge is 0.197 e. The molecule has 0 aliphatic carbocycles. The van der Waals surface area contributed by atoms with Crippen molar-refractivity contribution >= 4 is 0 Å². The van der Waals surface area contributed by atoms with Gasteiger partial charge in [0, 0.05) is 6.42 Å². The lowest BCUT2D eigenvalue weighted by atomic mass is 10.1. The standard InChI is InChI=1S/C11H14FNO3/c12-9-6-8(2-5-16-13)7-10-11(9)15-4-1-3-14-10/h6-7H,1-5,13H2. The number of fused-ring (bicyclic) bond motifs is 1. The normalized spacial score (nSPS) is 14.6. The van der Waals surface area contributed by atoms with Crippen LogP contribution in [0.2, 0.25) is 0 Å². The monoisotopic (exact) mass is 227 g/mol. The van der Waals surface area contributed by atoms with Crippen molar-refractivity contribution in [1.82, 2.24) is 0 Å². The second-order valence-corrected chi connectivity index (χ2v) is 3.58. The molecule has 0 saturated carbocycles. The van der Waals surface area contributed by atoms with E-state index in [2.05, 4.69) is 4.84 Å². The van der Waals surface area contributed by atoms with Crippen molar-refractivity contribution in [3.05, 3.63) is 23.5 Å². The molecule has 0 atom stereocenters. The number of hydrogen-bond donors (Lipinski definition) is 1. The Balaban J connectivity index is 2.24. The molecule has 4 nitrogen and oxygen atoms in total. The summed E-state index contributed by atoms with van der Waals surface area (Å²) in [6.45, 7) is 1.37. The average Bonchev–Trinajstić information content (AvgIpc) is 2.51. The van der Waals surface area contributed by atoms with Crippen LogP contribution in [0.25, 0.3) is 0 Å². The van der Waals surface area contributed by atoms with Gasteiger partial charge in [-0.05, 0) is 24.1 Å². The van der Waals surface area contributed by atoms with Gasteiger partial charge in [-0.1, -0.05) is 0 Å². The van der Waals surface area contributed by atoms with Gasteiger partial charge in [0.25, 0.3) is 0 Å². The first-order chi connectivity index (χ1) is 7.81. The quantitative estimate of drug-likeness (QED) is 0.793. The molecule has 0 saturated heterocycles. The van der Waals surface area contributed by atoms with Crippen molar-refractivity contribution in [2.75, 3.05) is 19.8 Å². The molecule has 2 rings (SSSR count). The van der Waals surface area contributed by atoms with Gasteiger partial charge in [0.05, 0.1) is 19.8 Å². The minimum atomic E-state index is -0.397. The maximum atomic E-state index is 13.7. The summed E-state index contributed by atoms with van der Waals surface area (Å²) in [5.74, 6) is 5.20. The maximum absolute atomic E-state index is 13.7. The lowest BCUT2D eigenvalue weighted by Gasteiger charge is -2.10. The Labute approximate surface area is 93.1 Å². The summed E-state index contributed by atoms with van der Waals surface area (Å²) in [4.78, 5) is 4.46. The van der Waals surface area contributed by atoms with Crippen LogP contribution in [-0.4, -0.2) is 19.8 Å². The van der Waals surface area contributed by atoms with Gasteiger partial charge in [-0.2, -0.15) is 0 Å². The fraction of sp³-hybridized carbons (Fsp3) is 0.455. The molecule has 0 fully saturated rings. The minimum absolute atomic E-state index is 0.204. The number of rotatable bonds is 3. The van der Waals surface area contributed by atoms with E-state index in [1.54, 1.807) is 6.07 Å². The number of benzene rings is 1. The average molecular weight is 227 g/mol. The zero-order chi connectivity index (χ0) is 11.4. The highest BCUT2D eigenvalue weighted by atomic mass is 19.1. The van der Waals surface area contributed by atoms with Crippen molar-refractivity contribution in [1.29, 1.82) is 0 Å². The predicted molar refractivity (Wildman–Crippen MR) is 55.9 cm³/mol. The van der Waals surface area contributed by atoms with E-state index in [-0.39, 0.29) is 5.75 Å². The summed E-state index contributed by atoms with van der Waals surface area (Å²) in [6.07, 6.45) is 1.30. The Hall–Kier alpha value is -1.33. The predicted octanol–water partition coefficient (Wildman–Crippen LogP) is 1.42. The Bertz CT molecular complexity index is 370. The minimum Gasteiger partial charge on any atom is -0.489 e. The van der Waals surface area contributed by atoms with Gasteiger partial charge in [-0.25, -0.2) is 10.3 Å². The third kappa shape index (κ3) is 2.43. The fourth-order valence-corrected chi connectivity index (χ4v) is 1.61. The zero-order valence-corrected chi connectivity index (χ0v) is 8.87. The van der Waals surface area contributed by atoms with Crippen molar-refractivity contribution < 1.29 is 18.7 Å². The largest absolute Gasteiger partial charge is 0.489 e. The number of nitrogens with two attached hydrogens (primary N) is 1. The highest BCUT2D eigenvalue weighted by Gasteiger charge is 2.16. The number of halogens is 1. The third-order valence-electron chi connectivity index (χ3n) is 2.37. The summed E-state index contributed by atoms with van der Waals surface area (Å²) in [7, 11) is 0. The second kappa shape index (κ2) is 5.14.